The van der Waals surface area contributed by atoms with E-state index in [0.717, 1.165) is 42.1 Å². The van der Waals surface area contributed by atoms with Crippen molar-refractivity contribution >= 4 is 7.60 Å². The molecule has 0 fully saturated rings. The van der Waals surface area contributed by atoms with E-state index in [1.54, 1.807) is 0 Å². The molecule has 0 aliphatic heterocycles. The summed E-state index contributed by atoms with van der Waals surface area (Å²) in [7, 11) is -3.89. The zero-order valence-electron chi connectivity index (χ0n) is 15.1. The highest BCUT2D eigenvalue weighted by Gasteiger charge is 2.11. The Bertz CT molecular complexity index is 691. The fourth-order valence-corrected chi connectivity index (χ4v) is 3.07. The van der Waals surface area contributed by atoms with Gasteiger partial charge in [0.2, 0.25) is 0 Å². The normalized spacial score (nSPS) is 11.3. The number of rotatable bonds is 11. The van der Waals surface area contributed by atoms with Crippen molar-refractivity contribution in [2.75, 3.05) is 19.4 Å². The smallest absolute Gasteiger partial charge is 0.325 e. The first-order valence-electron chi connectivity index (χ1n) is 8.98. The van der Waals surface area contributed by atoms with Crippen LogP contribution in [0.15, 0.2) is 48.5 Å². The van der Waals surface area contributed by atoms with Gasteiger partial charge >= 0.3 is 7.60 Å². The summed E-state index contributed by atoms with van der Waals surface area (Å²) in [5.74, 6) is 1.64. The van der Waals surface area contributed by atoms with Gasteiger partial charge in [0.05, 0.1) is 13.2 Å². The van der Waals surface area contributed by atoms with Crippen molar-refractivity contribution in [1.82, 2.24) is 0 Å². The monoisotopic (exact) mass is 378 g/mol. The first-order valence-corrected chi connectivity index (χ1v) is 10.8. The molecule has 2 N–H and O–H groups in total. The van der Waals surface area contributed by atoms with E-state index in [-0.39, 0.29) is 6.16 Å². The highest BCUT2D eigenvalue weighted by Crippen LogP contribution is 2.35. The van der Waals surface area contributed by atoms with E-state index in [9.17, 15) is 4.57 Å². The molecular formula is C20H27O5P. The van der Waals surface area contributed by atoms with Gasteiger partial charge in [-0.1, -0.05) is 37.6 Å². The molecule has 0 heterocycles. The molecule has 0 aliphatic carbocycles. The molecule has 0 aromatic heterocycles. The van der Waals surface area contributed by atoms with E-state index >= 15 is 0 Å². The van der Waals surface area contributed by atoms with Gasteiger partial charge in [-0.15, -0.1) is 0 Å². The van der Waals surface area contributed by atoms with Crippen LogP contribution in [0.4, 0.5) is 0 Å². The summed E-state index contributed by atoms with van der Waals surface area (Å²) in [5.41, 5.74) is 2.21. The van der Waals surface area contributed by atoms with Crippen molar-refractivity contribution in [3.63, 3.8) is 0 Å². The standard InChI is InChI=1S/C20H27O5P/c1-2-3-14-24-19-10-6-17(7-11-19)18-8-12-20(13-9-18)25-15-4-5-16-26(21,22)23/h6-13H,2-5,14-16H2,1H3,(H2,21,22,23). The second-order valence-electron chi connectivity index (χ2n) is 6.19. The molecule has 0 spiro atoms. The Hall–Kier alpha value is -1.81. The van der Waals surface area contributed by atoms with Gasteiger partial charge in [0.25, 0.3) is 0 Å². The van der Waals surface area contributed by atoms with Crippen molar-refractivity contribution in [2.45, 2.75) is 32.6 Å². The van der Waals surface area contributed by atoms with Gasteiger partial charge in [0.15, 0.2) is 0 Å². The summed E-state index contributed by atoms with van der Waals surface area (Å²) in [6, 6.07) is 15.9. The molecule has 26 heavy (non-hydrogen) atoms. The maximum absolute atomic E-state index is 10.8. The molecule has 0 aliphatic rings. The lowest BCUT2D eigenvalue weighted by Gasteiger charge is -2.09. The van der Waals surface area contributed by atoms with Crippen molar-refractivity contribution in [3.05, 3.63) is 48.5 Å². The Morgan fingerprint density at radius 3 is 1.65 bits per heavy atom. The van der Waals surface area contributed by atoms with Crippen LogP contribution in [-0.2, 0) is 4.57 Å². The number of hydrogen-bond acceptors (Lipinski definition) is 3. The Labute approximate surface area is 155 Å². The van der Waals surface area contributed by atoms with E-state index < -0.39 is 7.60 Å². The predicted octanol–water partition coefficient (Wildman–Crippen LogP) is 4.87. The minimum absolute atomic E-state index is 0.0898. The van der Waals surface area contributed by atoms with Crippen LogP contribution in [0.1, 0.15) is 32.6 Å². The molecule has 142 valence electrons. The van der Waals surface area contributed by atoms with Gasteiger partial charge in [-0.2, -0.15) is 0 Å². The second-order valence-corrected chi connectivity index (χ2v) is 7.97. The van der Waals surface area contributed by atoms with Gasteiger partial charge in [0, 0.05) is 6.16 Å². The summed E-state index contributed by atoms with van der Waals surface area (Å²) in [5, 5.41) is 0. The average molecular weight is 378 g/mol. The van der Waals surface area contributed by atoms with Crippen LogP contribution in [0.3, 0.4) is 0 Å². The second kappa shape index (κ2) is 10.4. The first kappa shape index (κ1) is 20.5. The molecule has 0 radical (unpaired) electrons. The molecule has 0 bridgehead atoms. The Balaban J connectivity index is 1.80. The van der Waals surface area contributed by atoms with Crippen LogP contribution < -0.4 is 9.47 Å². The van der Waals surface area contributed by atoms with Gasteiger partial charge in [-0.05, 0) is 54.7 Å². The molecule has 5 nitrogen and oxygen atoms in total. The zero-order chi connectivity index (χ0) is 18.8. The molecule has 6 heteroatoms. The van der Waals surface area contributed by atoms with Gasteiger partial charge in [-0.3, -0.25) is 4.57 Å². The molecule has 2 rings (SSSR count). The Morgan fingerprint density at radius 2 is 1.23 bits per heavy atom. The van der Waals surface area contributed by atoms with E-state index in [4.69, 9.17) is 19.3 Å². The quantitative estimate of drug-likeness (QED) is 0.431. The van der Waals surface area contributed by atoms with Gasteiger partial charge in [-0.25, -0.2) is 0 Å². The van der Waals surface area contributed by atoms with Crippen LogP contribution in [0.5, 0.6) is 11.5 Å². The average Bonchev–Trinajstić information content (AvgIpc) is 2.62. The van der Waals surface area contributed by atoms with E-state index in [2.05, 4.69) is 6.92 Å². The SMILES string of the molecule is CCCCOc1ccc(-c2ccc(OCCCCP(=O)(O)O)cc2)cc1. The number of benzene rings is 2. The highest BCUT2D eigenvalue weighted by atomic mass is 31.2. The molecule has 0 saturated carbocycles. The van der Waals surface area contributed by atoms with Crippen molar-refractivity contribution < 1.29 is 23.8 Å². The first-order chi connectivity index (χ1) is 12.5. The van der Waals surface area contributed by atoms with Gasteiger partial charge < -0.3 is 19.3 Å². The van der Waals surface area contributed by atoms with Crippen molar-refractivity contribution in [1.29, 1.82) is 0 Å². The van der Waals surface area contributed by atoms with Crippen LogP contribution in [0.25, 0.3) is 11.1 Å². The lowest BCUT2D eigenvalue weighted by atomic mass is 10.1. The van der Waals surface area contributed by atoms with E-state index in [1.165, 1.54) is 0 Å². The maximum Gasteiger partial charge on any atom is 0.325 e. The molecule has 0 amide bonds. The van der Waals surface area contributed by atoms with Crippen molar-refractivity contribution in [3.8, 4) is 22.6 Å². The third-order valence-corrected chi connectivity index (χ3v) is 4.82. The van der Waals surface area contributed by atoms with Crippen LogP contribution in [0, 0.1) is 0 Å². The molecule has 2 aromatic carbocycles. The van der Waals surface area contributed by atoms with E-state index in [1.807, 2.05) is 48.5 Å². The van der Waals surface area contributed by atoms with Crippen LogP contribution in [-0.4, -0.2) is 29.2 Å². The fourth-order valence-electron chi connectivity index (χ4n) is 2.43. The van der Waals surface area contributed by atoms with Crippen molar-refractivity contribution in [2.24, 2.45) is 0 Å². The summed E-state index contributed by atoms with van der Waals surface area (Å²) in [6.07, 6.45) is 3.16. The number of hydrogen-bond donors (Lipinski definition) is 2. The largest absolute Gasteiger partial charge is 0.494 e. The minimum Gasteiger partial charge on any atom is -0.494 e. The highest BCUT2D eigenvalue weighted by molar-refractivity contribution is 7.51. The lowest BCUT2D eigenvalue weighted by Crippen LogP contribution is -1.99. The summed E-state index contributed by atoms with van der Waals surface area (Å²) >= 11 is 0. The third-order valence-electron chi connectivity index (χ3n) is 3.92. The molecule has 2 aromatic rings. The topological polar surface area (TPSA) is 76.0 Å². The minimum atomic E-state index is -3.89. The third kappa shape index (κ3) is 7.61. The van der Waals surface area contributed by atoms with E-state index in [0.29, 0.717) is 19.4 Å². The predicted molar refractivity (Wildman–Crippen MR) is 104 cm³/mol. The summed E-state index contributed by atoms with van der Waals surface area (Å²) < 4.78 is 22.1. The molecular weight excluding hydrogens is 351 g/mol. The Kier molecular flexibility index (Phi) is 8.17. The number of ether oxygens (including phenoxy) is 2. The fraction of sp³-hybridized carbons (Fsp3) is 0.400. The number of unbranched alkanes of at least 4 members (excludes halogenated alkanes) is 2. The zero-order valence-corrected chi connectivity index (χ0v) is 16.0. The Morgan fingerprint density at radius 1 is 0.769 bits per heavy atom. The van der Waals surface area contributed by atoms with Crippen LogP contribution in [0.2, 0.25) is 0 Å². The summed E-state index contributed by atoms with van der Waals surface area (Å²) in [6.45, 7) is 3.33. The van der Waals surface area contributed by atoms with Crippen LogP contribution >= 0.6 is 7.60 Å². The lowest BCUT2D eigenvalue weighted by molar-refractivity contribution is 0.306. The molecule has 0 saturated heterocycles. The molecule has 0 atom stereocenters. The maximum atomic E-state index is 10.8. The molecule has 0 unspecified atom stereocenters. The summed E-state index contributed by atoms with van der Waals surface area (Å²) in [4.78, 5) is 17.6. The van der Waals surface area contributed by atoms with Gasteiger partial charge in [0.1, 0.15) is 11.5 Å².